The molecule has 1 amide bonds. The Hall–Kier alpha value is -2.83. The van der Waals surface area contributed by atoms with Gasteiger partial charge in [-0.15, -0.1) is 0 Å². The maximum Gasteiger partial charge on any atom is 0.263 e. The molecule has 1 saturated heterocycles. The molecule has 2 aliphatic rings. The molecule has 2 aromatic carbocycles. The first-order valence-corrected chi connectivity index (χ1v) is 15.1. The van der Waals surface area contributed by atoms with Crippen LogP contribution in [0.1, 0.15) is 24.8 Å². The number of hydrogen-bond acceptors (Lipinski definition) is 7. The lowest BCUT2D eigenvalue weighted by Gasteiger charge is -2.34. The number of fused-ring (bicyclic) bond motifs is 1. The fourth-order valence-electron chi connectivity index (χ4n) is 4.23. The van der Waals surface area contributed by atoms with Gasteiger partial charge in [0.2, 0.25) is 20.0 Å². The summed E-state index contributed by atoms with van der Waals surface area (Å²) in [6.07, 6.45) is 2.87. The largest absolute Gasteiger partial charge is 0.492 e. The summed E-state index contributed by atoms with van der Waals surface area (Å²) < 4.78 is 64.2. The molecule has 0 aromatic heterocycles. The van der Waals surface area contributed by atoms with Crippen molar-refractivity contribution in [3.8, 4) is 11.5 Å². The SMILES string of the molecule is Cc1ccc2c(c1)O[C@@H](C(=O)NCCOc1ccc(S(=O)(=O)N3CCCCC3)cc1)CN2S(C)(=O)=O. The number of ether oxygens (including phenoxy) is 2. The zero-order chi connectivity index (χ0) is 25.9. The van der Waals surface area contributed by atoms with E-state index in [4.69, 9.17) is 9.47 Å². The van der Waals surface area contributed by atoms with E-state index in [1.807, 2.05) is 6.92 Å². The maximum absolute atomic E-state index is 12.7. The number of sulfonamides is 2. The third-order valence-electron chi connectivity index (χ3n) is 6.12. The zero-order valence-corrected chi connectivity index (χ0v) is 22.0. The van der Waals surface area contributed by atoms with Crippen LogP contribution in [0.5, 0.6) is 11.5 Å². The highest BCUT2D eigenvalue weighted by Crippen LogP contribution is 2.35. The lowest BCUT2D eigenvalue weighted by molar-refractivity contribution is -0.127. The summed E-state index contributed by atoms with van der Waals surface area (Å²) in [4.78, 5) is 12.9. The van der Waals surface area contributed by atoms with E-state index in [-0.39, 0.29) is 24.6 Å². The van der Waals surface area contributed by atoms with E-state index in [9.17, 15) is 21.6 Å². The molecule has 2 aromatic rings. The number of amides is 1. The number of anilines is 1. The number of nitrogens with zero attached hydrogens (tertiary/aromatic N) is 2. The molecule has 1 fully saturated rings. The minimum Gasteiger partial charge on any atom is -0.492 e. The Balaban J connectivity index is 1.30. The van der Waals surface area contributed by atoms with Crippen molar-refractivity contribution in [2.75, 3.05) is 43.3 Å². The fraction of sp³-hybridized carbons (Fsp3) is 0.458. The number of carbonyl (C=O) groups is 1. The summed E-state index contributed by atoms with van der Waals surface area (Å²) >= 11 is 0. The second-order valence-corrected chi connectivity index (χ2v) is 12.8. The Labute approximate surface area is 212 Å². The first-order chi connectivity index (χ1) is 17.1. The molecule has 2 heterocycles. The minimum absolute atomic E-state index is 0.130. The van der Waals surface area contributed by atoms with Crippen LogP contribution in [-0.4, -0.2) is 72.2 Å². The molecule has 1 atom stereocenters. The molecule has 12 heteroatoms. The number of nitrogens with one attached hydrogen (secondary N) is 1. The standard InChI is InChI=1S/C24H31N3O7S2/c1-18-6-11-21-22(16-18)34-23(17-27(21)35(2,29)30)24(28)25-12-15-33-19-7-9-20(10-8-19)36(31,32)26-13-4-3-5-14-26/h6-11,16,23H,3-5,12-15,17H2,1-2H3,(H,25,28)/t23-/m1/s1. The van der Waals surface area contributed by atoms with Crippen molar-refractivity contribution in [3.05, 3.63) is 48.0 Å². The van der Waals surface area contributed by atoms with Gasteiger partial charge in [0.05, 0.1) is 29.9 Å². The number of hydrogen-bond donors (Lipinski definition) is 1. The van der Waals surface area contributed by atoms with E-state index in [2.05, 4.69) is 5.32 Å². The summed E-state index contributed by atoms with van der Waals surface area (Å²) in [6.45, 7) is 3.10. The Morgan fingerprint density at radius 2 is 1.75 bits per heavy atom. The topological polar surface area (TPSA) is 122 Å². The smallest absolute Gasteiger partial charge is 0.263 e. The summed E-state index contributed by atoms with van der Waals surface area (Å²) in [5, 5.41) is 2.71. The van der Waals surface area contributed by atoms with Gasteiger partial charge in [0.25, 0.3) is 5.91 Å². The van der Waals surface area contributed by atoms with Gasteiger partial charge in [-0.1, -0.05) is 12.5 Å². The van der Waals surface area contributed by atoms with E-state index in [1.54, 1.807) is 30.3 Å². The van der Waals surface area contributed by atoms with E-state index in [0.29, 0.717) is 30.3 Å². The Kier molecular flexibility index (Phi) is 7.76. The number of aryl methyl sites for hydroxylation is 1. The number of benzene rings is 2. The van der Waals surface area contributed by atoms with Gasteiger partial charge >= 0.3 is 0 Å². The van der Waals surface area contributed by atoms with Crippen molar-refractivity contribution in [3.63, 3.8) is 0 Å². The van der Waals surface area contributed by atoms with E-state index < -0.39 is 32.1 Å². The molecule has 0 radical (unpaired) electrons. The van der Waals surface area contributed by atoms with Crippen LogP contribution in [0, 0.1) is 6.92 Å². The van der Waals surface area contributed by atoms with Gasteiger partial charge in [-0.25, -0.2) is 16.8 Å². The molecule has 0 aliphatic carbocycles. The third kappa shape index (κ3) is 5.93. The molecule has 36 heavy (non-hydrogen) atoms. The van der Waals surface area contributed by atoms with Gasteiger partial charge in [0.1, 0.15) is 18.1 Å². The van der Waals surface area contributed by atoms with Crippen molar-refractivity contribution in [2.45, 2.75) is 37.2 Å². The van der Waals surface area contributed by atoms with Gasteiger partial charge in [-0.05, 0) is 61.7 Å². The predicted octanol–water partition coefficient (Wildman–Crippen LogP) is 1.89. The zero-order valence-electron chi connectivity index (χ0n) is 20.3. The van der Waals surface area contributed by atoms with Crippen LogP contribution >= 0.6 is 0 Å². The monoisotopic (exact) mass is 537 g/mol. The highest BCUT2D eigenvalue weighted by molar-refractivity contribution is 7.92. The lowest BCUT2D eigenvalue weighted by atomic mass is 10.1. The fourth-order valence-corrected chi connectivity index (χ4v) is 6.66. The molecular formula is C24H31N3O7S2. The summed E-state index contributed by atoms with van der Waals surface area (Å²) in [7, 11) is -7.11. The average molecular weight is 538 g/mol. The number of piperidine rings is 1. The average Bonchev–Trinajstić information content (AvgIpc) is 2.86. The van der Waals surface area contributed by atoms with Crippen LogP contribution in [0.25, 0.3) is 0 Å². The number of carbonyl (C=O) groups excluding carboxylic acids is 1. The Bertz CT molecular complexity index is 1310. The minimum atomic E-state index is -3.60. The van der Waals surface area contributed by atoms with Crippen LogP contribution in [0.2, 0.25) is 0 Å². The van der Waals surface area contributed by atoms with Crippen molar-refractivity contribution in [1.82, 2.24) is 9.62 Å². The van der Waals surface area contributed by atoms with Crippen molar-refractivity contribution in [2.24, 2.45) is 0 Å². The van der Waals surface area contributed by atoms with Crippen LogP contribution < -0.4 is 19.1 Å². The lowest BCUT2D eigenvalue weighted by Crippen LogP contribution is -2.51. The van der Waals surface area contributed by atoms with Gasteiger partial charge in [0, 0.05) is 13.1 Å². The third-order valence-corrected chi connectivity index (χ3v) is 9.18. The van der Waals surface area contributed by atoms with Crippen LogP contribution in [-0.2, 0) is 24.8 Å². The van der Waals surface area contributed by atoms with Gasteiger partial charge in [-0.3, -0.25) is 9.10 Å². The molecular weight excluding hydrogens is 506 g/mol. The first-order valence-electron chi connectivity index (χ1n) is 11.8. The molecule has 2 aliphatic heterocycles. The second kappa shape index (κ2) is 10.7. The molecule has 0 bridgehead atoms. The van der Waals surface area contributed by atoms with Gasteiger partial charge in [0.15, 0.2) is 6.10 Å². The van der Waals surface area contributed by atoms with Gasteiger partial charge in [-0.2, -0.15) is 4.31 Å². The quantitative estimate of drug-likeness (QED) is 0.510. The Morgan fingerprint density at radius 1 is 1.06 bits per heavy atom. The molecule has 196 valence electrons. The predicted molar refractivity (Wildman–Crippen MR) is 135 cm³/mol. The molecule has 0 unspecified atom stereocenters. The van der Waals surface area contributed by atoms with Crippen LogP contribution in [0.3, 0.4) is 0 Å². The van der Waals surface area contributed by atoms with Crippen molar-refractivity contribution >= 4 is 31.6 Å². The highest BCUT2D eigenvalue weighted by Gasteiger charge is 2.35. The van der Waals surface area contributed by atoms with Crippen LogP contribution in [0.15, 0.2) is 47.4 Å². The molecule has 10 nitrogen and oxygen atoms in total. The molecule has 1 N–H and O–H groups in total. The normalized spacial score (nSPS) is 18.7. The van der Waals surface area contributed by atoms with E-state index in [1.165, 1.54) is 20.7 Å². The van der Waals surface area contributed by atoms with Crippen LogP contribution in [0.4, 0.5) is 5.69 Å². The summed E-state index contributed by atoms with van der Waals surface area (Å²) in [6, 6.07) is 11.4. The second-order valence-electron chi connectivity index (χ2n) is 8.95. The maximum atomic E-state index is 12.7. The molecule has 0 spiro atoms. The highest BCUT2D eigenvalue weighted by atomic mass is 32.2. The van der Waals surface area contributed by atoms with Crippen molar-refractivity contribution in [1.29, 1.82) is 0 Å². The Morgan fingerprint density at radius 3 is 2.42 bits per heavy atom. The number of rotatable bonds is 8. The first kappa shape index (κ1) is 26.2. The van der Waals surface area contributed by atoms with Crippen molar-refractivity contribution < 1.29 is 31.1 Å². The van der Waals surface area contributed by atoms with E-state index >= 15 is 0 Å². The van der Waals surface area contributed by atoms with E-state index in [0.717, 1.165) is 31.1 Å². The summed E-state index contributed by atoms with van der Waals surface area (Å²) in [5.74, 6) is 0.355. The van der Waals surface area contributed by atoms with Gasteiger partial charge < -0.3 is 14.8 Å². The summed E-state index contributed by atoms with van der Waals surface area (Å²) in [5.41, 5.74) is 1.28. The molecule has 0 saturated carbocycles. The molecule has 4 rings (SSSR count).